The van der Waals surface area contributed by atoms with E-state index in [-0.39, 0.29) is 30.3 Å². The molecule has 2 atom stereocenters. The quantitative estimate of drug-likeness (QED) is 0.864. The van der Waals surface area contributed by atoms with E-state index in [2.05, 4.69) is 20.4 Å². The van der Waals surface area contributed by atoms with Gasteiger partial charge in [-0.1, -0.05) is 6.42 Å². The van der Waals surface area contributed by atoms with E-state index in [0.29, 0.717) is 5.78 Å². The summed E-state index contributed by atoms with van der Waals surface area (Å²) in [5.41, 5.74) is 1.73. The van der Waals surface area contributed by atoms with Gasteiger partial charge in [-0.25, -0.2) is 9.50 Å². The predicted octanol–water partition coefficient (Wildman–Crippen LogP) is 0.632. The lowest BCUT2D eigenvalue weighted by Crippen LogP contribution is -2.39. The molecule has 0 bridgehead atoms. The molecule has 112 valence electrons. The van der Waals surface area contributed by atoms with Crippen LogP contribution < -0.4 is 5.32 Å². The molecule has 1 aliphatic rings. The fourth-order valence-electron chi connectivity index (χ4n) is 2.94. The Morgan fingerprint density at radius 1 is 1.43 bits per heavy atom. The van der Waals surface area contributed by atoms with Gasteiger partial charge in [-0.3, -0.25) is 4.79 Å². The number of aliphatic hydroxyl groups excluding tert-OH is 1. The molecule has 2 N–H and O–H groups in total. The largest absolute Gasteiger partial charge is 0.396 e. The van der Waals surface area contributed by atoms with Crippen LogP contribution in [0.4, 0.5) is 0 Å². The topological polar surface area (TPSA) is 92.4 Å². The van der Waals surface area contributed by atoms with Crippen LogP contribution in [0.2, 0.25) is 0 Å². The number of carbonyl (C=O) groups is 1. The Bertz CT molecular complexity index is 681. The van der Waals surface area contributed by atoms with Gasteiger partial charge in [0, 0.05) is 30.0 Å². The zero-order chi connectivity index (χ0) is 15.0. The number of fused-ring (bicyclic) bond motifs is 1. The highest BCUT2D eigenvalue weighted by Gasteiger charge is 2.29. The lowest BCUT2D eigenvalue weighted by molar-refractivity contribution is 0.0905. The standard InChI is InChI=1S/C14H19N5O2/c1-8-6-9(2)19-14(15-8)17-12(18-19)13(21)16-11-5-3-4-10(11)7-20/h6,10-11,20H,3-5,7H2,1-2H3,(H,16,21). The van der Waals surface area contributed by atoms with Gasteiger partial charge >= 0.3 is 0 Å². The number of rotatable bonds is 3. The molecule has 21 heavy (non-hydrogen) atoms. The number of carbonyl (C=O) groups excluding carboxylic acids is 1. The number of aryl methyl sites for hydroxylation is 2. The highest BCUT2D eigenvalue weighted by molar-refractivity contribution is 5.91. The molecular formula is C14H19N5O2. The first-order valence-electron chi connectivity index (χ1n) is 7.21. The molecule has 1 saturated carbocycles. The van der Waals surface area contributed by atoms with Gasteiger partial charge in [-0.2, -0.15) is 4.98 Å². The van der Waals surface area contributed by atoms with Gasteiger partial charge in [-0.05, 0) is 32.8 Å². The molecule has 0 aromatic carbocycles. The Balaban J connectivity index is 1.83. The van der Waals surface area contributed by atoms with Gasteiger partial charge in [-0.15, -0.1) is 5.10 Å². The van der Waals surface area contributed by atoms with E-state index in [0.717, 1.165) is 30.7 Å². The summed E-state index contributed by atoms with van der Waals surface area (Å²) in [6, 6.07) is 1.90. The second-order valence-electron chi connectivity index (χ2n) is 5.64. The van der Waals surface area contributed by atoms with Crippen molar-refractivity contribution in [1.82, 2.24) is 24.9 Å². The van der Waals surface area contributed by atoms with Crippen molar-refractivity contribution in [2.45, 2.75) is 39.2 Å². The Hall–Kier alpha value is -2.02. The van der Waals surface area contributed by atoms with Gasteiger partial charge in [0.2, 0.25) is 5.82 Å². The summed E-state index contributed by atoms with van der Waals surface area (Å²) in [4.78, 5) is 20.7. The van der Waals surface area contributed by atoms with Crippen molar-refractivity contribution >= 4 is 11.7 Å². The van der Waals surface area contributed by atoms with E-state index >= 15 is 0 Å². The summed E-state index contributed by atoms with van der Waals surface area (Å²) in [6.45, 7) is 3.88. The van der Waals surface area contributed by atoms with E-state index in [1.54, 1.807) is 4.52 Å². The maximum Gasteiger partial charge on any atom is 0.291 e. The average molecular weight is 289 g/mol. The second-order valence-corrected chi connectivity index (χ2v) is 5.64. The fourth-order valence-corrected chi connectivity index (χ4v) is 2.94. The van der Waals surface area contributed by atoms with Gasteiger partial charge in [0.05, 0.1) is 0 Å². The van der Waals surface area contributed by atoms with Crippen LogP contribution in [-0.4, -0.2) is 43.2 Å². The van der Waals surface area contributed by atoms with E-state index in [9.17, 15) is 9.90 Å². The molecule has 7 heteroatoms. The number of hydrogen-bond donors (Lipinski definition) is 2. The summed E-state index contributed by atoms with van der Waals surface area (Å²) in [5.74, 6) is 0.388. The first kappa shape index (κ1) is 13.9. The van der Waals surface area contributed by atoms with Crippen LogP contribution in [0.1, 0.15) is 41.3 Å². The Morgan fingerprint density at radius 3 is 3.00 bits per heavy atom. The summed E-state index contributed by atoms with van der Waals surface area (Å²) < 4.78 is 1.57. The smallest absolute Gasteiger partial charge is 0.291 e. The van der Waals surface area contributed by atoms with Crippen LogP contribution in [0, 0.1) is 19.8 Å². The summed E-state index contributed by atoms with van der Waals surface area (Å²) in [6.07, 6.45) is 2.86. The molecule has 0 radical (unpaired) electrons. The number of aliphatic hydroxyl groups is 1. The van der Waals surface area contributed by atoms with E-state index in [1.807, 2.05) is 19.9 Å². The number of nitrogens with zero attached hydrogens (tertiary/aromatic N) is 4. The highest BCUT2D eigenvalue weighted by atomic mass is 16.3. The number of aromatic nitrogens is 4. The average Bonchev–Trinajstić information content (AvgIpc) is 3.04. The second kappa shape index (κ2) is 5.40. The van der Waals surface area contributed by atoms with Crippen molar-refractivity contribution in [1.29, 1.82) is 0 Å². The molecule has 3 rings (SSSR count). The predicted molar refractivity (Wildman–Crippen MR) is 75.9 cm³/mol. The highest BCUT2D eigenvalue weighted by Crippen LogP contribution is 2.25. The number of hydrogen-bond acceptors (Lipinski definition) is 5. The molecule has 2 aromatic rings. The van der Waals surface area contributed by atoms with E-state index < -0.39 is 0 Å². The van der Waals surface area contributed by atoms with Crippen LogP contribution in [0.25, 0.3) is 5.78 Å². The molecular weight excluding hydrogens is 270 g/mol. The van der Waals surface area contributed by atoms with Crippen LogP contribution in [-0.2, 0) is 0 Å². The van der Waals surface area contributed by atoms with Crippen LogP contribution in [0.3, 0.4) is 0 Å². The van der Waals surface area contributed by atoms with Crippen LogP contribution in [0.15, 0.2) is 6.07 Å². The Morgan fingerprint density at radius 2 is 2.24 bits per heavy atom. The third kappa shape index (κ3) is 2.61. The van der Waals surface area contributed by atoms with Gasteiger partial charge in [0.1, 0.15) is 0 Å². The third-order valence-corrected chi connectivity index (χ3v) is 4.03. The summed E-state index contributed by atoms with van der Waals surface area (Å²) >= 11 is 0. The SMILES string of the molecule is Cc1cc(C)n2nc(C(=O)NC3CCCC3CO)nc2n1. The molecule has 0 spiro atoms. The maximum atomic E-state index is 12.3. The van der Waals surface area contributed by atoms with Crippen LogP contribution in [0.5, 0.6) is 0 Å². The van der Waals surface area contributed by atoms with Crippen molar-refractivity contribution < 1.29 is 9.90 Å². The minimum absolute atomic E-state index is 0.00454. The molecule has 0 saturated heterocycles. The molecule has 0 aliphatic heterocycles. The zero-order valence-corrected chi connectivity index (χ0v) is 12.2. The monoisotopic (exact) mass is 289 g/mol. The molecule has 1 aliphatic carbocycles. The van der Waals surface area contributed by atoms with Gasteiger partial charge in [0.15, 0.2) is 0 Å². The van der Waals surface area contributed by atoms with Crippen molar-refractivity contribution in [3.8, 4) is 0 Å². The molecule has 1 fully saturated rings. The molecule has 1 amide bonds. The molecule has 7 nitrogen and oxygen atoms in total. The van der Waals surface area contributed by atoms with Crippen molar-refractivity contribution in [2.75, 3.05) is 6.61 Å². The van der Waals surface area contributed by atoms with Crippen molar-refractivity contribution in [2.24, 2.45) is 5.92 Å². The van der Waals surface area contributed by atoms with E-state index in [1.165, 1.54) is 0 Å². The third-order valence-electron chi connectivity index (χ3n) is 4.03. The lowest BCUT2D eigenvalue weighted by atomic mass is 10.1. The number of nitrogens with one attached hydrogen (secondary N) is 1. The Labute approximate surface area is 122 Å². The van der Waals surface area contributed by atoms with E-state index in [4.69, 9.17) is 0 Å². The van der Waals surface area contributed by atoms with Gasteiger partial charge in [0.25, 0.3) is 11.7 Å². The van der Waals surface area contributed by atoms with Gasteiger partial charge < -0.3 is 10.4 Å². The summed E-state index contributed by atoms with van der Waals surface area (Å²) in [7, 11) is 0. The minimum atomic E-state index is -0.303. The van der Waals surface area contributed by atoms with Crippen LogP contribution >= 0.6 is 0 Å². The normalized spacial score (nSPS) is 21.9. The van der Waals surface area contributed by atoms with Crippen molar-refractivity contribution in [3.63, 3.8) is 0 Å². The first-order valence-corrected chi connectivity index (χ1v) is 7.21. The molecule has 2 heterocycles. The molecule has 2 unspecified atom stereocenters. The summed E-state index contributed by atoms with van der Waals surface area (Å²) in [5, 5.41) is 16.4. The van der Waals surface area contributed by atoms with Crippen molar-refractivity contribution in [3.05, 3.63) is 23.3 Å². The fraction of sp³-hybridized carbons (Fsp3) is 0.571. The number of amides is 1. The molecule has 2 aromatic heterocycles. The Kier molecular flexibility index (Phi) is 3.59. The minimum Gasteiger partial charge on any atom is -0.396 e. The lowest BCUT2D eigenvalue weighted by Gasteiger charge is -2.17. The zero-order valence-electron chi connectivity index (χ0n) is 12.2. The first-order chi connectivity index (χ1) is 10.1. The maximum absolute atomic E-state index is 12.3.